The molecule has 0 bridgehead atoms. The van der Waals surface area contributed by atoms with Crippen LogP contribution in [0.2, 0.25) is 0 Å². The minimum absolute atomic E-state index is 0.616. The van der Waals surface area contributed by atoms with E-state index in [9.17, 15) is 0 Å². The largest absolute Gasteiger partial charge is 0.354 e. The van der Waals surface area contributed by atoms with E-state index in [2.05, 4.69) is 20.1 Å². The number of hydrogen-bond acceptors (Lipinski definition) is 5. The van der Waals surface area contributed by atoms with Gasteiger partial charge in [0, 0.05) is 5.39 Å². The highest BCUT2D eigenvalue weighted by atomic mass is 16.6. The fourth-order valence-electron chi connectivity index (χ4n) is 1.18. The van der Waals surface area contributed by atoms with Crippen LogP contribution >= 0.6 is 0 Å². The van der Waals surface area contributed by atoms with Gasteiger partial charge in [0.15, 0.2) is 11.1 Å². The molecule has 0 unspecified atom stereocenters. The van der Waals surface area contributed by atoms with Crippen molar-refractivity contribution in [3.63, 3.8) is 0 Å². The van der Waals surface area contributed by atoms with Crippen LogP contribution in [0.1, 0.15) is 0 Å². The van der Waals surface area contributed by atoms with Crippen LogP contribution in [0, 0.1) is 0 Å². The average molecular weight is 161 g/mol. The smallest absolute Gasteiger partial charge is 0.198 e. The van der Waals surface area contributed by atoms with Gasteiger partial charge < -0.3 is 4.52 Å². The molecule has 0 aliphatic carbocycles. The zero-order chi connectivity index (χ0) is 7.97. The summed E-state index contributed by atoms with van der Waals surface area (Å²) < 4.78 is 9.53. The lowest BCUT2D eigenvalue weighted by Crippen LogP contribution is -1.69. The van der Waals surface area contributed by atoms with Gasteiger partial charge in [0.1, 0.15) is 5.52 Å². The van der Waals surface area contributed by atoms with E-state index >= 15 is 0 Å². The van der Waals surface area contributed by atoms with E-state index < -0.39 is 0 Å². The first-order valence-electron chi connectivity index (χ1n) is 3.41. The molecule has 2 heterocycles. The van der Waals surface area contributed by atoms with Crippen molar-refractivity contribution in [2.24, 2.45) is 0 Å². The van der Waals surface area contributed by atoms with E-state index in [1.165, 1.54) is 0 Å². The molecule has 58 valence electrons. The van der Waals surface area contributed by atoms with Crippen molar-refractivity contribution in [1.82, 2.24) is 15.5 Å². The summed E-state index contributed by atoms with van der Waals surface area (Å²) in [4.78, 5) is 0. The van der Waals surface area contributed by atoms with E-state index in [0.717, 1.165) is 5.39 Å². The molecule has 12 heavy (non-hydrogen) atoms. The third kappa shape index (κ3) is 0.554. The van der Waals surface area contributed by atoms with Crippen LogP contribution in [0.4, 0.5) is 0 Å². The highest BCUT2D eigenvalue weighted by Crippen LogP contribution is 2.21. The van der Waals surface area contributed by atoms with Crippen LogP contribution in [-0.4, -0.2) is 15.5 Å². The summed E-state index contributed by atoms with van der Waals surface area (Å²) in [6, 6.07) is 3.67. The zero-order valence-electron chi connectivity index (χ0n) is 5.89. The number of nitrogens with zero attached hydrogens (tertiary/aromatic N) is 3. The topological polar surface area (TPSA) is 65.0 Å². The van der Waals surface area contributed by atoms with Crippen molar-refractivity contribution >= 4 is 22.0 Å². The van der Waals surface area contributed by atoms with E-state index in [1.54, 1.807) is 6.20 Å². The van der Waals surface area contributed by atoms with Crippen molar-refractivity contribution in [1.29, 1.82) is 0 Å². The molecule has 0 aliphatic heterocycles. The van der Waals surface area contributed by atoms with E-state index in [-0.39, 0.29) is 0 Å². The molecule has 1 aromatic carbocycles. The number of fused-ring (bicyclic) bond motifs is 3. The average Bonchev–Trinajstić information content (AvgIpc) is 2.71. The molecule has 0 amide bonds. The van der Waals surface area contributed by atoms with E-state index in [4.69, 9.17) is 4.52 Å². The number of hydrogen-bond donors (Lipinski definition) is 0. The summed E-state index contributed by atoms with van der Waals surface area (Å²) in [6.45, 7) is 0. The first-order valence-corrected chi connectivity index (χ1v) is 3.41. The van der Waals surface area contributed by atoms with Crippen LogP contribution in [-0.2, 0) is 0 Å². The van der Waals surface area contributed by atoms with Crippen LogP contribution in [0.5, 0.6) is 0 Å². The van der Waals surface area contributed by atoms with Crippen molar-refractivity contribution in [2.45, 2.75) is 0 Å². The van der Waals surface area contributed by atoms with Crippen molar-refractivity contribution in [3.8, 4) is 0 Å². The molecule has 0 fully saturated rings. The standard InChI is InChI=1S/C7H3N3O2/c1-2-5-6(10-12-9-5)7-4(1)3-8-11-7/h1-3H. The Balaban J connectivity index is 2.71. The van der Waals surface area contributed by atoms with Gasteiger partial charge in [-0.2, -0.15) is 0 Å². The maximum atomic E-state index is 4.98. The summed E-state index contributed by atoms with van der Waals surface area (Å²) in [6.07, 6.45) is 1.63. The van der Waals surface area contributed by atoms with Gasteiger partial charge in [-0.15, -0.1) is 0 Å². The molecular formula is C7H3N3O2. The lowest BCUT2D eigenvalue weighted by atomic mass is 10.2. The van der Waals surface area contributed by atoms with Crippen LogP contribution in [0.25, 0.3) is 22.0 Å². The van der Waals surface area contributed by atoms with Gasteiger partial charge >= 0.3 is 0 Å². The summed E-state index contributed by atoms with van der Waals surface area (Å²) in [5.41, 5.74) is 1.91. The summed E-state index contributed by atoms with van der Waals surface area (Å²) in [5.74, 6) is 0. The second kappa shape index (κ2) is 1.82. The van der Waals surface area contributed by atoms with Gasteiger partial charge in [-0.05, 0) is 22.4 Å². The Hall–Kier alpha value is -1.91. The Morgan fingerprint density at radius 2 is 2.17 bits per heavy atom. The first-order chi connectivity index (χ1) is 5.95. The molecule has 0 saturated heterocycles. The third-order valence-electron chi connectivity index (χ3n) is 1.75. The third-order valence-corrected chi connectivity index (χ3v) is 1.75. The Kier molecular flexibility index (Phi) is 0.864. The van der Waals surface area contributed by atoms with Crippen molar-refractivity contribution in [3.05, 3.63) is 18.3 Å². The molecule has 3 aromatic rings. The zero-order valence-corrected chi connectivity index (χ0v) is 5.89. The van der Waals surface area contributed by atoms with Gasteiger partial charge in [0.2, 0.25) is 0 Å². The predicted octanol–water partition coefficient (Wildman–Crippen LogP) is 1.36. The maximum Gasteiger partial charge on any atom is 0.198 e. The van der Waals surface area contributed by atoms with Crippen LogP contribution < -0.4 is 0 Å². The second-order valence-corrected chi connectivity index (χ2v) is 2.44. The molecule has 0 saturated carbocycles. The Morgan fingerprint density at radius 1 is 1.17 bits per heavy atom. The van der Waals surface area contributed by atoms with Gasteiger partial charge in [-0.25, -0.2) is 4.63 Å². The van der Waals surface area contributed by atoms with Crippen LogP contribution in [0.3, 0.4) is 0 Å². The first kappa shape index (κ1) is 5.70. The molecule has 0 N–H and O–H groups in total. The minimum atomic E-state index is 0.616. The molecule has 5 nitrogen and oxygen atoms in total. The maximum absolute atomic E-state index is 4.98. The lowest BCUT2D eigenvalue weighted by Gasteiger charge is -1.82. The molecule has 2 aromatic heterocycles. The Bertz CT molecular complexity index is 490. The quantitative estimate of drug-likeness (QED) is 0.498. The normalized spacial score (nSPS) is 11.3. The molecule has 0 spiro atoms. The van der Waals surface area contributed by atoms with Crippen molar-refractivity contribution < 1.29 is 9.15 Å². The molecule has 3 rings (SSSR count). The Labute approximate surface area is 65.9 Å². The number of benzene rings is 1. The molecule has 5 heteroatoms. The van der Waals surface area contributed by atoms with E-state index in [1.807, 2.05) is 12.1 Å². The lowest BCUT2D eigenvalue weighted by molar-refractivity contribution is 0.315. The van der Waals surface area contributed by atoms with Crippen LogP contribution in [0.15, 0.2) is 27.5 Å². The van der Waals surface area contributed by atoms with Gasteiger partial charge in [0.25, 0.3) is 0 Å². The Morgan fingerprint density at radius 3 is 3.17 bits per heavy atom. The van der Waals surface area contributed by atoms with Gasteiger partial charge in [-0.1, -0.05) is 5.16 Å². The monoisotopic (exact) mass is 161 g/mol. The number of aromatic nitrogens is 3. The minimum Gasteiger partial charge on any atom is -0.354 e. The van der Waals surface area contributed by atoms with Gasteiger partial charge in [-0.3, -0.25) is 0 Å². The van der Waals surface area contributed by atoms with E-state index in [0.29, 0.717) is 16.6 Å². The summed E-state index contributed by atoms with van der Waals surface area (Å²) in [7, 11) is 0. The SMILES string of the molecule is c1cc2nonc2c2oncc12. The number of rotatable bonds is 0. The molecule has 0 atom stereocenters. The highest BCUT2D eigenvalue weighted by Gasteiger charge is 2.08. The second-order valence-electron chi connectivity index (χ2n) is 2.44. The summed E-state index contributed by atoms with van der Waals surface area (Å²) >= 11 is 0. The molecular weight excluding hydrogens is 158 g/mol. The highest BCUT2D eigenvalue weighted by molar-refractivity contribution is 5.99. The van der Waals surface area contributed by atoms with Gasteiger partial charge in [0.05, 0.1) is 6.20 Å². The molecule has 0 radical (unpaired) electrons. The molecule has 0 aliphatic rings. The summed E-state index contributed by atoms with van der Waals surface area (Å²) in [5, 5.41) is 11.9. The fourth-order valence-corrected chi connectivity index (χ4v) is 1.18. The van der Waals surface area contributed by atoms with Crippen molar-refractivity contribution in [2.75, 3.05) is 0 Å². The fraction of sp³-hybridized carbons (Fsp3) is 0. The predicted molar refractivity (Wildman–Crippen MR) is 39.4 cm³/mol.